The van der Waals surface area contributed by atoms with Gasteiger partial charge in [0.1, 0.15) is 13.2 Å². The zero-order valence-corrected chi connectivity index (χ0v) is 13.1. The molecule has 2 aromatic carbocycles. The highest BCUT2D eigenvalue weighted by Gasteiger charge is 2.35. The number of fused-ring (bicyclic) bond motifs is 1. The maximum Gasteiger partial charge on any atom is 0.417 e. The van der Waals surface area contributed by atoms with Crippen molar-refractivity contribution in [2.75, 3.05) is 0 Å². The second-order valence-corrected chi connectivity index (χ2v) is 5.58. The van der Waals surface area contributed by atoms with Crippen molar-refractivity contribution in [3.8, 4) is 11.1 Å². The Kier molecular flexibility index (Phi) is 4.24. The van der Waals surface area contributed by atoms with E-state index in [0.29, 0.717) is 11.1 Å². The summed E-state index contributed by atoms with van der Waals surface area (Å²) in [6.07, 6.45) is -4.57. The van der Waals surface area contributed by atoms with Gasteiger partial charge in [-0.1, -0.05) is 18.2 Å². The predicted molar refractivity (Wildman–Crippen MR) is 81.5 cm³/mol. The fraction of sp³-hybridized carbons (Fsp3) is 0.222. The van der Waals surface area contributed by atoms with Gasteiger partial charge >= 0.3 is 18.1 Å². The first kappa shape index (κ1) is 17.0. The summed E-state index contributed by atoms with van der Waals surface area (Å²) in [6.45, 7) is 1.11. The average Bonchev–Trinajstić information content (AvgIpc) is 2.93. The van der Waals surface area contributed by atoms with E-state index in [2.05, 4.69) is 0 Å². The van der Waals surface area contributed by atoms with E-state index in [4.69, 9.17) is 9.47 Å². The lowest BCUT2D eigenvalue weighted by Gasteiger charge is -2.15. The van der Waals surface area contributed by atoms with Gasteiger partial charge in [0.15, 0.2) is 0 Å². The molecule has 4 nitrogen and oxygen atoms in total. The molecular weight excluding hydrogens is 337 g/mol. The van der Waals surface area contributed by atoms with Crippen molar-refractivity contribution in [2.45, 2.75) is 26.3 Å². The van der Waals surface area contributed by atoms with Crippen LogP contribution in [0.5, 0.6) is 0 Å². The van der Waals surface area contributed by atoms with Crippen molar-refractivity contribution in [1.29, 1.82) is 0 Å². The molecule has 0 bridgehead atoms. The van der Waals surface area contributed by atoms with E-state index in [1.807, 2.05) is 0 Å². The quantitative estimate of drug-likeness (QED) is 0.782. The van der Waals surface area contributed by atoms with E-state index in [0.717, 1.165) is 6.07 Å². The van der Waals surface area contributed by atoms with Crippen LogP contribution in [0.25, 0.3) is 11.1 Å². The van der Waals surface area contributed by atoms with E-state index < -0.39 is 23.7 Å². The molecule has 0 amide bonds. The number of benzene rings is 2. The molecule has 0 aromatic heterocycles. The first-order valence-corrected chi connectivity index (χ1v) is 7.40. The van der Waals surface area contributed by atoms with Crippen molar-refractivity contribution in [3.05, 3.63) is 58.7 Å². The van der Waals surface area contributed by atoms with Crippen LogP contribution in [-0.2, 0) is 33.7 Å². The van der Waals surface area contributed by atoms with Crippen molar-refractivity contribution >= 4 is 11.9 Å². The van der Waals surface area contributed by atoms with E-state index >= 15 is 0 Å². The molecule has 2 aromatic rings. The standard InChI is InChI=1S/C18H13F3O4/c1-10(22)24-8-11-6-12-9-25-17(23)16(12)14(7-11)13-4-2-3-5-15(13)18(19,20)21/h2-7H,8-9H2,1H3. The maximum atomic E-state index is 13.4. The first-order chi connectivity index (χ1) is 11.8. The molecule has 0 fully saturated rings. The lowest BCUT2D eigenvalue weighted by Crippen LogP contribution is -2.09. The number of alkyl halides is 3. The summed E-state index contributed by atoms with van der Waals surface area (Å²) in [6, 6.07) is 8.05. The Hall–Kier alpha value is -2.83. The molecule has 0 saturated heterocycles. The molecular formula is C18H13F3O4. The van der Waals surface area contributed by atoms with Crippen LogP contribution in [0, 0.1) is 0 Å². The van der Waals surface area contributed by atoms with Gasteiger partial charge in [0, 0.05) is 12.5 Å². The molecule has 0 atom stereocenters. The predicted octanol–water partition coefficient (Wildman–Crippen LogP) is 4.11. The van der Waals surface area contributed by atoms with Crippen molar-refractivity contribution < 1.29 is 32.2 Å². The second kappa shape index (κ2) is 6.23. The minimum atomic E-state index is -4.57. The van der Waals surface area contributed by atoms with Gasteiger partial charge in [-0.2, -0.15) is 13.2 Å². The number of hydrogen-bond donors (Lipinski definition) is 0. The topological polar surface area (TPSA) is 52.6 Å². The van der Waals surface area contributed by atoms with Gasteiger partial charge in [0.05, 0.1) is 11.1 Å². The van der Waals surface area contributed by atoms with Crippen LogP contribution >= 0.6 is 0 Å². The first-order valence-electron chi connectivity index (χ1n) is 7.40. The lowest BCUT2D eigenvalue weighted by atomic mass is 9.91. The van der Waals surface area contributed by atoms with E-state index in [9.17, 15) is 22.8 Å². The van der Waals surface area contributed by atoms with Crippen LogP contribution in [0.3, 0.4) is 0 Å². The largest absolute Gasteiger partial charge is 0.461 e. The maximum absolute atomic E-state index is 13.4. The highest BCUT2D eigenvalue weighted by molar-refractivity contribution is 6.01. The second-order valence-electron chi connectivity index (χ2n) is 5.58. The third-order valence-electron chi connectivity index (χ3n) is 3.81. The smallest absolute Gasteiger partial charge is 0.417 e. The minimum absolute atomic E-state index is 0.0245. The van der Waals surface area contributed by atoms with Gasteiger partial charge in [-0.25, -0.2) is 4.79 Å². The number of halogens is 3. The summed E-state index contributed by atoms with van der Waals surface area (Å²) in [5, 5.41) is 0. The fourth-order valence-electron chi connectivity index (χ4n) is 2.78. The third kappa shape index (κ3) is 3.35. The van der Waals surface area contributed by atoms with Crippen LogP contribution < -0.4 is 0 Å². The lowest BCUT2D eigenvalue weighted by molar-refractivity contribution is -0.142. The molecule has 1 heterocycles. The Morgan fingerprint density at radius 2 is 1.92 bits per heavy atom. The fourth-order valence-corrected chi connectivity index (χ4v) is 2.78. The molecule has 1 aliphatic heterocycles. The van der Waals surface area contributed by atoms with Crippen molar-refractivity contribution in [1.82, 2.24) is 0 Å². The molecule has 0 radical (unpaired) electrons. The highest BCUT2D eigenvalue weighted by atomic mass is 19.4. The SMILES string of the molecule is CC(=O)OCc1cc2c(c(-c3ccccc3C(F)(F)F)c1)C(=O)OC2. The van der Waals surface area contributed by atoms with Crippen LogP contribution in [0.4, 0.5) is 13.2 Å². The van der Waals surface area contributed by atoms with Gasteiger partial charge in [-0.05, 0) is 34.9 Å². The zero-order valence-electron chi connectivity index (χ0n) is 13.1. The number of cyclic esters (lactones) is 1. The van der Waals surface area contributed by atoms with Gasteiger partial charge in [-0.15, -0.1) is 0 Å². The molecule has 0 aliphatic carbocycles. The Morgan fingerprint density at radius 3 is 2.60 bits per heavy atom. The molecule has 0 N–H and O–H groups in total. The normalized spacial score (nSPS) is 13.4. The van der Waals surface area contributed by atoms with Gasteiger partial charge in [0.2, 0.25) is 0 Å². The average molecular weight is 350 g/mol. The summed E-state index contributed by atoms with van der Waals surface area (Å²) in [5.74, 6) is -1.17. The summed E-state index contributed by atoms with van der Waals surface area (Å²) < 4.78 is 49.9. The van der Waals surface area contributed by atoms with E-state index in [1.165, 1.54) is 31.2 Å². The molecule has 3 rings (SSSR count). The summed E-state index contributed by atoms with van der Waals surface area (Å²) in [4.78, 5) is 23.0. The number of carbonyl (C=O) groups is 2. The van der Waals surface area contributed by atoms with Crippen LogP contribution in [0.1, 0.15) is 34.0 Å². The molecule has 0 unspecified atom stereocenters. The zero-order chi connectivity index (χ0) is 18.2. The Balaban J connectivity index is 2.19. The molecule has 130 valence electrons. The van der Waals surface area contributed by atoms with Gasteiger partial charge < -0.3 is 9.47 Å². The molecule has 1 aliphatic rings. The number of rotatable bonds is 3. The number of ether oxygens (including phenoxy) is 2. The molecule has 0 saturated carbocycles. The number of esters is 2. The Labute approximate surface area is 141 Å². The Morgan fingerprint density at radius 1 is 1.20 bits per heavy atom. The van der Waals surface area contributed by atoms with E-state index in [1.54, 1.807) is 6.07 Å². The van der Waals surface area contributed by atoms with Crippen LogP contribution in [0.2, 0.25) is 0 Å². The van der Waals surface area contributed by atoms with Crippen LogP contribution in [0.15, 0.2) is 36.4 Å². The molecule has 0 spiro atoms. The number of carbonyl (C=O) groups excluding carboxylic acids is 2. The van der Waals surface area contributed by atoms with E-state index in [-0.39, 0.29) is 29.9 Å². The van der Waals surface area contributed by atoms with Crippen molar-refractivity contribution in [2.24, 2.45) is 0 Å². The van der Waals surface area contributed by atoms with Gasteiger partial charge in [-0.3, -0.25) is 4.79 Å². The highest BCUT2D eigenvalue weighted by Crippen LogP contribution is 2.40. The monoisotopic (exact) mass is 350 g/mol. The summed E-state index contributed by atoms with van der Waals surface area (Å²) in [5.41, 5.74) is 0.232. The van der Waals surface area contributed by atoms with Crippen LogP contribution in [-0.4, -0.2) is 11.9 Å². The third-order valence-corrected chi connectivity index (χ3v) is 3.81. The summed E-state index contributed by atoms with van der Waals surface area (Å²) in [7, 11) is 0. The molecule has 7 heteroatoms. The van der Waals surface area contributed by atoms with Gasteiger partial charge in [0.25, 0.3) is 0 Å². The number of hydrogen-bond acceptors (Lipinski definition) is 4. The van der Waals surface area contributed by atoms with Crippen molar-refractivity contribution in [3.63, 3.8) is 0 Å². The minimum Gasteiger partial charge on any atom is -0.461 e. The Bertz CT molecular complexity index is 856. The summed E-state index contributed by atoms with van der Waals surface area (Å²) >= 11 is 0. The molecule has 25 heavy (non-hydrogen) atoms.